The molecular formula is C21H23NO7. The lowest BCUT2D eigenvalue weighted by atomic mass is 10.1. The van der Waals surface area contributed by atoms with Crippen molar-refractivity contribution in [3.63, 3.8) is 0 Å². The molecule has 0 fully saturated rings. The van der Waals surface area contributed by atoms with Gasteiger partial charge in [-0.25, -0.2) is 9.59 Å². The summed E-state index contributed by atoms with van der Waals surface area (Å²) in [4.78, 5) is 36.1. The summed E-state index contributed by atoms with van der Waals surface area (Å²) in [6.07, 6.45) is -0.903. The van der Waals surface area contributed by atoms with Gasteiger partial charge in [-0.3, -0.25) is 4.79 Å². The maximum atomic E-state index is 12.4. The Labute approximate surface area is 168 Å². The number of ether oxygens (including phenoxy) is 4. The number of carbonyl (C=O) groups excluding carboxylic acids is 3. The van der Waals surface area contributed by atoms with E-state index < -0.39 is 23.9 Å². The molecule has 0 heterocycles. The molecule has 2 rings (SSSR count). The van der Waals surface area contributed by atoms with E-state index in [0.717, 1.165) is 0 Å². The zero-order valence-electron chi connectivity index (χ0n) is 16.7. The average Bonchev–Trinajstić information content (AvgIpc) is 2.73. The number of benzene rings is 2. The number of anilines is 1. The third-order valence-corrected chi connectivity index (χ3v) is 3.86. The molecule has 1 N–H and O–H groups in total. The lowest BCUT2D eigenvalue weighted by Gasteiger charge is -2.16. The fourth-order valence-corrected chi connectivity index (χ4v) is 2.44. The number of rotatable bonds is 8. The van der Waals surface area contributed by atoms with Crippen molar-refractivity contribution in [3.8, 4) is 11.5 Å². The van der Waals surface area contributed by atoms with E-state index in [1.54, 1.807) is 31.2 Å². The van der Waals surface area contributed by atoms with E-state index in [1.807, 2.05) is 6.92 Å². The van der Waals surface area contributed by atoms with Crippen LogP contribution in [0.1, 0.15) is 34.6 Å². The number of carbonyl (C=O) groups is 3. The van der Waals surface area contributed by atoms with E-state index in [2.05, 4.69) is 14.8 Å². The second-order valence-corrected chi connectivity index (χ2v) is 5.94. The van der Waals surface area contributed by atoms with Crippen molar-refractivity contribution < 1.29 is 33.3 Å². The number of nitrogens with one attached hydrogen (secondary N) is 1. The first-order chi connectivity index (χ1) is 13.9. The number of hydrogen-bond donors (Lipinski definition) is 1. The van der Waals surface area contributed by atoms with Crippen LogP contribution in [0.3, 0.4) is 0 Å². The van der Waals surface area contributed by atoms with Crippen molar-refractivity contribution in [2.45, 2.75) is 20.0 Å². The van der Waals surface area contributed by atoms with Crippen molar-refractivity contribution in [2.24, 2.45) is 0 Å². The first-order valence-corrected chi connectivity index (χ1v) is 8.90. The van der Waals surface area contributed by atoms with Gasteiger partial charge in [0.25, 0.3) is 5.91 Å². The van der Waals surface area contributed by atoms with Gasteiger partial charge in [0.15, 0.2) is 6.10 Å². The Morgan fingerprint density at radius 1 is 0.897 bits per heavy atom. The minimum atomic E-state index is -0.903. The zero-order valence-corrected chi connectivity index (χ0v) is 16.7. The van der Waals surface area contributed by atoms with Gasteiger partial charge in [0.2, 0.25) is 0 Å². The van der Waals surface area contributed by atoms with Gasteiger partial charge < -0.3 is 24.3 Å². The standard InChI is InChI=1S/C21H23NO7/c1-5-28-17-8-6-16(7-9-17)22-19(23)13(2)29-18-11-14(20(24)26-3)10-15(12-18)21(25)27-4/h6-13H,5H2,1-4H3,(H,22,23)/t13-/m0/s1. The smallest absolute Gasteiger partial charge is 0.338 e. The van der Waals surface area contributed by atoms with Crippen LogP contribution in [0.2, 0.25) is 0 Å². The van der Waals surface area contributed by atoms with Crippen molar-refractivity contribution in [1.82, 2.24) is 0 Å². The Morgan fingerprint density at radius 2 is 1.45 bits per heavy atom. The zero-order chi connectivity index (χ0) is 21.4. The number of amides is 1. The monoisotopic (exact) mass is 401 g/mol. The molecule has 8 heteroatoms. The average molecular weight is 401 g/mol. The van der Waals surface area contributed by atoms with Gasteiger partial charge in [-0.15, -0.1) is 0 Å². The molecular weight excluding hydrogens is 378 g/mol. The van der Waals surface area contributed by atoms with Gasteiger partial charge in [-0.05, 0) is 56.3 Å². The molecule has 0 aromatic heterocycles. The van der Waals surface area contributed by atoms with Crippen LogP contribution in [0.4, 0.5) is 5.69 Å². The van der Waals surface area contributed by atoms with Gasteiger partial charge in [0.1, 0.15) is 11.5 Å². The van der Waals surface area contributed by atoms with E-state index in [-0.39, 0.29) is 16.9 Å². The lowest BCUT2D eigenvalue weighted by molar-refractivity contribution is -0.122. The van der Waals surface area contributed by atoms with E-state index in [0.29, 0.717) is 18.0 Å². The molecule has 0 aliphatic heterocycles. The molecule has 0 aliphatic carbocycles. The highest BCUT2D eigenvalue weighted by atomic mass is 16.5. The Morgan fingerprint density at radius 3 is 1.93 bits per heavy atom. The second-order valence-electron chi connectivity index (χ2n) is 5.94. The topological polar surface area (TPSA) is 100 Å². The Balaban J connectivity index is 2.13. The minimum absolute atomic E-state index is 0.101. The molecule has 0 unspecified atom stereocenters. The normalized spacial score (nSPS) is 11.2. The maximum Gasteiger partial charge on any atom is 0.338 e. The number of esters is 2. The van der Waals surface area contributed by atoms with Gasteiger partial charge in [0, 0.05) is 5.69 Å². The fraction of sp³-hybridized carbons (Fsp3) is 0.286. The van der Waals surface area contributed by atoms with E-state index in [1.165, 1.54) is 32.4 Å². The molecule has 8 nitrogen and oxygen atoms in total. The highest BCUT2D eigenvalue weighted by Gasteiger charge is 2.19. The van der Waals surface area contributed by atoms with Crippen LogP contribution in [0, 0.1) is 0 Å². The summed E-state index contributed by atoms with van der Waals surface area (Å²) >= 11 is 0. The quantitative estimate of drug-likeness (QED) is 0.679. The third kappa shape index (κ3) is 5.97. The van der Waals surface area contributed by atoms with Crippen molar-refractivity contribution in [1.29, 1.82) is 0 Å². The van der Waals surface area contributed by atoms with Crippen LogP contribution in [-0.2, 0) is 14.3 Å². The molecule has 0 spiro atoms. The van der Waals surface area contributed by atoms with E-state index >= 15 is 0 Å². The molecule has 29 heavy (non-hydrogen) atoms. The first kappa shape index (κ1) is 21.7. The van der Waals surface area contributed by atoms with Crippen LogP contribution in [0.15, 0.2) is 42.5 Å². The third-order valence-electron chi connectivity index (χ3n) is 3.86. The van der Waals surface area contributed by atoms with Crippen LogP contribution in [-0.4, -0.2) is 44.8 Å². The minimum Gasteiger partial charge on any atom is -0.494 e. The van der Waals surface area contributed by atoms with Crippen molar-refractivity contribution >= 4 is 23.5 Å². The molecule has 154 valence electrons. The molecule has 2 aromatic carbocycles. The van der Waals surface area contributed by atoms with Gasteiger partial charge in [-0.2, -0.15) is 0 Å². The Hall–Kier alpha value is -3.55. The molecule has 0 aliphatic rings. The molecule has 1 atom stereocenters. The Kier molecular flexibility index (Phi) is 7.59. The summed E-state index contributed by atoms with van der Waals surface area (Å²) in [6.45, 7) is 3.98. The summed E-state index contributed by atoms with van der Waals surface area (Å²) in [5.41, 5.74) is 0.779. The molecule has 0 saturated heterocycles. The van der Waals surface area contributed by atoms with Crippen LogP contribution < -0.4 is 14.8 Å². The second kappa shape index (κ2) is 10.1. The molecule has 0 radical (unpaired) electrons. The van der Waals surface area contributed by atoms with Crippen molar-refractivity contribution in [3.05, 3.63) is 53.6 Å². The van der Waals surface area contributed by atoms with E-state index in [9.17, 15) is 14.4 Å². The lowest BCUT2D eigenvalue weighted by Crippen LogP contribution is -2.30. The summed E-state index contributed by atoms with van der Waals surface area (Å²) < 4.78 is 20.4. The number of hydrogen-bond acceptors (Lipinski definition) is 7. The predicted octanol–water partition coefficient (Wildman–Crippen LogP) is 3.06. The molecule has 0 saturated carbocycles. The van der Waals surface area contributed by atoms with Crippen molar-refractivity contribution in [2.75, 3.05) is 26.1 Å². The van der Waals surface area contributed by atoms with Crippen LogP contribution in [0.5, 0.6) is 11.5 Å². The SMILES string of the molecule is CCOc1ccc(NC(=O)[C@H](C)Oc2cc(C(=O)OC)cc(C(=O)OC)c2)cc1. The van der Waals surface area contributed by atoms with Crippen LogP contribution >= 0.6 is 0 Å². The van der Waals surface area contributed by atoms with Crippen LogP contribution in [0.25, 0.3) is 0 Å². The van der Waals surface area contributed by atoms with Gasteiger partial charge >= 0.3 is 11.9 Å². The van der Waals surface area contributed by atoms with Gasteiger partial charge in [0.05, 0.1) is 32.0 Å². The summed E-state index contributed by atoms with van der Waals surface area (Å²) in [5, 5.41) is 2.73. The highest BCUT2D eigenvalue weighted by molar-refractivity contribution is 5.96. The summed E-state index contributed by atoms with van der Waals surface area (Å²) in [5.74, 6) is -0.844. The van der Waals surface area contributed by atoms with E-state index in [4.69, 9.17) is 9.47 Å². The first-order valence-electron chi connectivity index (χ1n) is 8.90. The fourth-order valence-electron chi connectivity index (χ4n) is 2.44. The Bertz CT molecular complexity index is 843. The predicted molar refractivity (Wildman–Crippen MR) is 105 cm³/mol. The maximum absolute atomic E-state index is 12.4. The molecule has 1 amide bonds. The largest absolute Gasteiger partial charge is 0.494 e. The number of methoxy groups -OCH3 is 2. The highest BCUT2D eigenvalue weighted by Crippen LogP contribution is 2.21. The molecule has 2 aromatic rings. The summed E-state index contributed by atoms with van der Waals surface area (Å²) in [6, 6.07) is 11.0. The van der Waals surface area contributed by atoms with Gasteiger partial charge in [-0.1, -0.05) is 0 Å². The molecule has 0 bridgehead atoms. The summed E-state index contributed by atoms with van der Waals surface area (Å²) in [7, 11) is 2.45.